The van der Waals surface area contributed by atoms with Crippen molar-refractivity contribution >= 4 is 34.2 Å². The minimum Gasteiger partial charge on any atom is -0.324 e. The van der Waals surface area contributed by atoms with Crippen LogP contribution in [0.4, 0.5) is 8.78 Å². The van der Waals surface area contributed by atoms with Crippen LogP contribution < -0.4 is 5.56 Å². The number of alkyl halides is 3. The molecule has 0 saturated heterocycles. The fourth-order valence-corrected chi connectivity index (χ4v) is 2.01. The Morgan fingerprint density at radius 1 is 1.62 bits per heavy atom. The lowest BCUT2D eigenvalue weighted by Gasteiger charge is -2.05. The highest BCUT2D eigenvalue weighted by atomic mass is 127. The molecule has 0 spiro atoms. The lowest BCUT2D eigenvalue weighted by Crippen LogP contribution is -2.12. The SMILES string of the molecule is O=c1cc(C(F)F)c(I)c(CCl)[nH]1. The van der Waals surface area contributed by atoms with E-state index in [1.807, 2.05) is 0 Å². The zero-order valence-electron chi connectivity index (χ0n) is 6.28. The third kappa shape index (κ3) is 2.40. The van der Waals surface area contributed by atoms with Crippen LogP contribution in [0.15, 0.2) is 10.9 Å². The molecule has 0 bridgehead atoms. The van der Waals surface area contributed by atoms with Crippen LogP contribution in [0.2, 0.25) is 0 Å². The quantitative estimate of drug-likeness (QED) is 0.660. The molecule has 1 heterocycles. The first-order valence-electron chi connectivity index (χ1n) is 3.32. The van der Waals surface area contributed by atoms with E-state index in [1.165, 1.54) is 0 Å². The molecule has 0 radical (unpaired) electrons. The lowest BCUT2D eigenvalue weighted by molar-refractivity contribution is 0.150. The zero-order chi connectivity index (χ0) is 10.0. The third-order valence-corrected chi connectivity index (χ3v) is 2.99. The number of rotatable bonds is 2. The van der Waals surface area contributed by atoms with E-state index in [0.717, 1.165) is 6.07 Å². The average Bonchev–Trinajstić information content (AvgIpc) is 2.08. The molecule has 0 aromatic carbocycles. The van der Waals surface area contributed by atoms with Crippen molar-refractivity contribution in [1.29, 1.82) is 0 Å². The maximum absolute atomic E-state index is 12.3. The summed E-state index contributed by atoms with van der Waals surface area (Å²) in [6.45, 7) is 0. The lowest BCUT2D eigenvalue weighted by atomic mass is 10.2. The number of hydrogen-bond donors (Lipinski definition) is 1. The summed E-state index contributed by atoms with van der Waals surface area (Å²) < 4.78 is 25.0. The Morgan fingerprint density at radius 3 is 2.69 bits per heavy atom. The molecule has 0 atom stereocenters. The van der Waals surface area contributed by atoms with Gasteiger partial charge in [0, 0.05) is 20.9 Å². The fraction of sp³-hybridized carbons (Fsp3) is 0.286. The molecular weight excluding hydrogens is 314 g/mol. The van der Waals surface area contributed by atoms with Crippen LogP contribution in [0, 0.1) is 3.57 Å². The Bertz CT molecular complexity index is 366. The molecule has 0 aliphatic heterocycles. The highest BCUT2D eigenvalue weighted by Gasteiger charge is 2.15. The molecular formula is C7H5ClF2INO. The molecule has 1 N–H and O–H groups in total. The van der Waals surface area contributed by atoms with Crippen LogP contribution in [0.5, 0.6) is 0 Å². The number of hydrogen-bond acceptors (Lipinski definition) is 1. The first-order valence-corrected chi connectivity index (χ1v) is 4.93. The fourth-order valence-electron chi connectivity index (χ4n) is 0.869. The Labute approximate surface area is 91.4 Å². The van der Waals surface area contributed by atoms with Gasteiger partial charge in [-0.2, -0.15) is 0 Å². The molecule has 0 aliphatic rings. The van der Waals surface area contributed by atoms with E-state index in [-0.39, 0.29) is 11.4 Å². The second-order valence-corrected chi connectivity index (χ2v) is 3.66. The van der Waals surface area contributed by atoms with Crippen LogP contribution in [-0.2, 0) is 5.88 Å². The predicted octanol–water partition coefficient (Wildman–Crippen LogP) is 2.66. The number of pyridine rings is 1. The number of H-pyrrole nitrogens is 1. The molecule has 0 fully saturated rings. The van der Waals surface area contributed by atoms with E-state index in [0.29, 0.717) is 9.26 Å². The van der Waals surface area contributed by atoms with Crippen molar-refractivity contribution in [1.82, 2.24) is 4.98 Å². The van der Waals surface area contributed by atoms with Gasteiger partial charge in [0.1, 0.15) is 0 Å². The number of aromatic amines is 1. The minimum atomic E-state index is -2.64. The summed E-state index contributed by atoms with van der Waals surface area (Å²) in [7, 11) is 0. The van der Waals surface area contributed by atoms with Gasteiger partial charge in [-0.15, -0.1) is 11.6 Å². The van der Waals surface area contributed by atoms with Gasteiger partial charge in [0.05, 0.1) is 5.88 Å². The third-order valence-electron chi connectivity index (χ3n) is 1.45. The van der Waals surface area contributed by atoms with Crippen molar-refractivity contribution in [3.05, 3.63) is 31.2 Å². The van der Waals surface area contributed by atoms with Gasteiger partial charge < -0.3 is 4.98 Å². The van der Waals surface area contributed by atoms with E-state index in [4.69, 9.17) is 11.6 Å². The summed E-state index contributed by atoms with van der Waals surface area (Å²) >= 11 is 7.20. The van der Waals surface area contributed by atoms with Gasteiger partial charge in [0.25, 0.3) is 6.43 Å². The number of nitrogens with one attached hydrogen (secondary N) is 1. The summed E-state index contributed by atoms with van der Waals surface area (Å²) in [5.41, 5.74) is -0.476. The standard InChI is InChI=1S/C7H5ClF2INO/c8-2-4-6(11)3(7(9)10)1-5(13)12-4/h1,7H,2H2,(H,12,13). The molecule has 72 valence electrons. The maximum Gasteiger partial charge on any atom is 0.265 e. The van der Waals surface area contributed by atoms with Crippen LogP contribution in [0.3, 0.4) is 0 Å². The van der Waals surface area contributed by atoms with Gasteiger partial charge in [0.2, 0.25) is 5.56 Å². The van der Waals surface area contributed by atoms with Crippen LogP contribution >= 0.6 is 34.2 Å². The Morgan fingerprint density at radius 2 is 2.23 bits per heavy atom. The molecule has 0 amide bonds. The van der Waals surface area contributed by atoms with E-state index < -0.39 is 12.0 Å². The molecule has 1 rings (SSSR count). The average molecular weight is 319 g/mol. The molecule has 1 aromatic heterocycles. The van der Waals surface area contributed by atoms with E-state index in [1.54, 1.807) is 22.6 Å². The highest BCUT2D eigenvalue weighted by molar-refractivity contribution is 14.1. The predicted molar refractivity (Wildman–Crippen MR) is 54.3 cm³/mol. The number of aromatic nitrogens is 1. The second-order valence-electron chi connectivity index (χ2n) is 2.32. The molecule has 0 aliphatic carbocycles. The minimum absolute atomic E-state index is 0.0219. The molecule has 6 heteroatoms. The summed E-state index contributed by atoms with van der Waals surface area (Å²) in [4.78, 5) is 13.3. The van der Waals surface area contributed by atoms with Gasteiger partial charge in [-0.05, 0) is 22.6 Å². The summed E-state index contributed by atoms with van der Waals surface area (Å²) in [6, 6.07) is 0.891. The maximum atomic E-state index is 12.3. The molecule has 0 saturated carbocycles. The summed E-state index contributed by atoms with van der Waals surface area (Å²) in [6.07, 6.45) is -2.64. The first kappa shape index (κ1) is 10.9. The van der Waals surface area contributed by atoms with Gasteiger partial charge in [-0.1, -0.05) is 0 Å². The smallest absolute Gasteiger partial charge is 0.265 e. The number of halogens is 4. The second kappa shape index (κ2) is 4.36. The topological polar surface area (TPSA) is 32.9 Å². The molecule has 0 unspecified atom stereocenters. The van der Waals surface area contributed by atoms with Crippen molar-refractivity contribution < 1.29 is 8.78 Å². The largest absolute Gasteiger partial charge is 0.324 e. The van der Waals surface area contributed by atoms with Gasteiger partial charge in [-0.25, -0.2) is 8.78 Å². The highest BCUT2D eigenvalue weighted by Crippen LogP contribution is 2.24. The van der Waals surface area contributed by atoms with Gasteiger partial charge >= 0.3 is 0 Å². The Balaban J connectivity index is 3.36. The van der Waals surface area contributed by atoms with Crippen LogP contribution in [0.25, 0.3) is 0 Å². The Kier molecular flexibility index (Phi) is 3.66. The zero-order valence-corrected chi connectivity index (χ0v) is 9.20. The summed E-state index contributed by atoms with van der Waals surface area (Å²) in [5.74, 6) is 0.0219. The van der Waals surface area contributed by atoms with Gasteiger partial charge in [-0.3, -0.25) is 4.79 Å². The Hall–Kier alpha value is -0.170. The van der Waals surface area contributed by atoms with Gasteiger partial charge in [0.15, 0.2) is 0 Å². The van der Waals surface area contributed by atoms with E-state index >= 15 is 0 Å². The monoisotopic (exact) mass is 319 g/mol. The normalized spacial score (nSPS) is 10.8. The van der Waals surface area contributed by atoms with Crippen molar-refractivity contribution in [2.45, 2.75) is 12.3 Å². The summed E-state index contributed by atoms with van der Waals surface area (Å²) in [5, 5.41) is 0. The van der Waals surface area contributed by atoms with Crippen LogP contribution in [0.1, 0.15) is 17.7 Å². The van der Waals surface area contributed by atoms with E-state index in [2.05, 4.69) is 4.98 Å². The van der Waals surface area contributed by atoms with Crippen molar-refractivity contribution in [3.63, 3.8) is 0 Å². The van der Waals surface area contributed by atoms with Crippen LogP contribution in [-0.4, -0.2) is 4.98 Å². The molecule has 1 aromatic rings. The van der Waals surface area contributed by atoms with Crippen molar-refractivity contribution in [3.8, 4) is 0 Å². The van der Waals surface area contributed by atoms with Crippen molar-refractivity contribution in [2.75, 3.05) is 0 Å². The molecule has 13 heavy (non-hydrogen) atoms. The first-order chi connectivity index (χ1) is 6.06. The molecule has 2 nitrogen and oxygen atoms in total. The van der Waals surface area contributed by atoms with E-state index in [9.17, 15) is 13.6 Å². The van der Waals surface area contributed by atoms with Crippen molar-refractivity contribution in [2.24, 2.45) is 0 Å².